The zero-order valence-corrected chi connectivity index (χ0v) is 13.6. The van der Waals surface area contributed by atoms with E-state index < -0.39 is 10.0 Å². The van der Waals surface area contributed by atoms with Crippen LogP contribution >= 0.6 is 0 Å². The van der Waals surface area contributed by atoms with Gasteiger partial charge in [0.15, 0.2) is 0 Å². The van der Waals surface area contributed by atoms with E-state index in [0.717, 1.165) is 12.1 Å². The van der Waals surface area contributed by atoms with E-state index in [-0.39, 0.29) is 11.8 Å². The summed E-state index contributed by atoms with van der Waals surface area (Å²) in [6, 6.07) is 8.10. The first-order chi connectivity index (χ1) is 9.30. The Morgan fingerprint density at radius 1 is 1.10 bits per heavy atom. The van der Waals surface area contributed by atoms with Crippen molar-refractivity contribution in [3.8, 4) is 0 Å². The molecule has 0 radical (unpaired) electrons. The zero-order valence-electron chi connectivity index (χ0n) is 12.8. The number of sulfonamides is 1. The lowest BCUT2D eigenvalue weighted by Crippen LogP contribution is -2.31. The summed E-state index contributed by atoms with van der Waals surface area (Å²) in [7, 11) is -3.23. The first-order valence-corrected chi connectivity index (χ1v) is 8.75. The average Bonchev–Trinajstić information content (AvgIpc) is 2.34. The molecule has 1 aromatic rings. The van der Waals surface area contributed by atoms with Gasteiger partial charge in [0.25, 0.3) is 0 Å². The number of aryl methyl sites for hydroxylation is 1. The minimum Gasteiger partial charge on any atom is -0.314 e. The summed E-state index contributed by atoms with van der Waals surface area (Å²) < 4.78 is 26.7. The Bertz CT molecular complexity index is 495. The van der Waals surface area contributed by atoms with Crippen LogP contribution in [-0.4, -0.2) is 26.8 Å². The molecule has 114 valence electrons. The highest BCUT2D eigenvalue weighted by atomic mass is 32.2. The summed E-state index contributed by atoms with van der Waals surface area (Å²) in [5.74, 6) is 0.156. The molecular weight excluding hydrogens is 272 g/mol. The van der Waals surface area contributed by atoms with Gasteiger partial charge in [0.05, 0.1) is 5.75 Å². The third-order valence-electron chi connectivity index (χ3n) is 3.08. The first kappa shape index (κ1) is 17.1. The molecule has 0 spiro atoms. The van der Waals surface area contributed by atoms with Crippen LogP contribution < -0.4 is 10.0 Å². The fourth-order valence-corrected chi connectivity index (χ4v) is 3.22. The monoisotopic (exact) mass is 298 g/mol. The van der Waals surface area contributed by atoms with E-state index in [2.05, 4.69) is 10.0 Å². The molecule has 2 N–H and O–H groups in total. The molecule has 0 saturated heterocycles. The fourth-order valence-electron chi connectivity index (χ4n) is 1.90. The Morgan fingerprint density at radius 3 is 2.25 bits per heavy atom. The van der Waals surface area contributed by atoms with Crippen molar-refractivity contribution in [2.45, 2.75) is 46.2 Å². The molecule has 1 atom stereocenters. The van der Waals surface area contributed by atoms with E-state index in [0.29, 0.717) is 12.5 Å². The zero-order chi connectivity index (χ0) is 15.2. The Balaban J connectivity index is 2.47. The molecule has 0 aliphatic carbocycles. The molecule has 4 nitrogen and oxygen atoms in total. The third kappa shape index (κ3) is 6.50. The Labute approximate surface area is 123 Å². The summed E-state index contributed by atoms with van der Waals surface area (Å²) in [5, 5.41) is 3.22. The lowest BCUT2D eigenvalue weighted by atomic mass is 10.1. The summed E-state index contributed by atoms with van der Waals surface area (Å²) in [4.78, 5) is 0. The summed E-state index contributed by atoms with van der Waals surface area (Å²) in [6.45, 7) is 8.70. The van der Waals surface area contributed by atoms with Crippen molar-refractivity contribution in [1.82, 2.24) is 10.0 Å². The van der Waals surface area contributed by atoms with Gasteiger partial charge in [0, 0.05) is 12.1 Å². The van der Waals surface area contributed by atoms with Crippen molar-refractivity contribution in [1.29, 1.82) is 0 Å². The molecule has 0 saturated carbocycles. The molecule has 1 unspecified atom stereocenters. The van der Waals surface area contributed by atoms with Crippen LogP contribution in [0.1, 0.15) is 44.4 Å². The van der Waals surface area contributed by atoms with E-state index in [1.807, 2.05) is 52.0 Å². The van der Waals surface area contributed by atoms with Gasteiger partial charge in [-0.2, -0.15) is 0 Å². The molecule has 1 rings (SSSR count). The van der Waals surface area contributed by atoms with Crippen LogP contribution in [0, 0.1) is 6.92 Å². The third-order valence-corrected chi connectivity index (χ3v) is 4.61. The molecule has 0 aromatic heterocycles. The van der Waals surface area contributed by atoms with Gasteiger partial charge in [-0.15, -0.1) is 0 Å². The molecular formula is C15H26N2O2S. The second-order valence-corrected chi connectivity index (χ2v) is 7.40. The molecule has 1 aromatic carbocycles. The quantitative estimate of drug-likeness (QED) is 0.724. The normalized spacial score (nSPS) is 13.7. The Kier molecular flexibility index (Phi) is 6.65. The number of benzene rings is 1. The fraction of sp³-hybridized carbons (Fsp3) is 0.600. The molecule has 0 aliphatic heterocycles. The minimum absolute atomic E-state index is 0.156. The van der Waals surface area contributed by atoms with E-state index in [9.17, 15) is 8.42 Å². The van der Waals surface area contributed by atoms with Gasteiger partial charge < -0.3 is 5.32 Å². The molecule has 0 amide bonds. The maximum absolute atomic E-state index is 12.0. The Morgan fingerprint density at radius 2 is 1.70 bits per heavy atom. The van der Waals surface area contributed by atoms with Gasteiger partial charge >= 0.3 is 0 Å². The van der Waals surface area contributed by atoms with Crippen LogP contribution in [0.3, 0.4) is 0 Å². The summed E-state index contributed by atoms with van der Waals surface area (Å²) in [6.07, 6.45) is 0.619. The molecule has 0 heterocycles. The first-order valence-electron chi connectivity index (χ1n) is 7.10. The number of nitrogens with one attached hydrogen (secondary N) is 2. The van der Waals surface area contributed by atoms with Crippen LogP contribution in [0.25, 0.3) is 0 Å². The van der Waals surface area contributed by atoms with Crippen LogP contribution in [0.2, 0.25) is 0 Å². The van der Waals surface area contributed by atoms with Gasteiger partial charge in [-0.1, -0.05) is 43.7 Å². The Hall–Kier alpha value is -0.910. The number of hydrogen-bond donors (Lipinski definition) is 2. The second kappa shape index (κ2) is 7.76. The molecule has 0 aliphatic rings. The predicted octanol–water partition coefficient (Wildman–Crippen LogP) is 2.36. The second-order valence-electron chi connectivity index (χ2n) is 5.53. The SMILES string of the molecule is Cc1ccc(C(C)NS(=O)(=O)CCCNC(C)C)cc1. The van der Waals surface area contributed by atoms with Crippen molar-refractivity contribution in [3.05, 3.63) is 35.4 Å². The summed E-state index contributed by atoms with van der Waals surface area (Å²) in [5.41, 5.74) is 2.16. The number of hydrogen-bond acceptors (Lipinski definition) is 3. The maximum Gasteiger partial charge on any atom is 0.212 e. The van der Waals surface area contributed by atoms with Crippen LogP contribution in [-0.2, 0) is 10.0 Å². The minimum atomic E-state index is -3.23. The highest BCUT2D eigenvalue weighted by Crippen LogP contribution is 2.14. The molecule has 20 heavy (non-hydrogen) atoms. The van der Waals surface area contributed by atoms with Gasteiger partial charge in [-0.25, -0.2) is 13.1 Å². The standard InChI is InChI=1S/C15H26N2O2S/c1-12(2)16-10-5-11-20(18,19)17-14(4)15-8-6-13(3)7-9-15/h6-9,12,14,16-17H,5,10-11H2,1-4H3. The van der Waals surface area contributed by atoms with Gasteiger partial charge in [-0.05, 0) is 32.4 Å². The van der Waals surface area contributed by atoms with Gasteiger partial charge in [-0.3, -0.25) is 0 Å². The van der Waals surface area contributed by atoms with E-state index in [1.165, 1.54) is 5.56 Å². The van der Waals surface area contributed by atoms with Crippen molar-refractivity contribution < 1.29 is 8.42 Å². The topological polar surface area (TPSA) is 58.2 Å². The van der Waals surface area contributed by atoms with Crippen molar-refractivity contribution in [3.63, 3.8) is 0 Å². The average molecular weight is 298 g/mol. The number of rotatable bonds is 8. The van der Waals surface area contributed by atoms with Crippen molar-refractivity contribution in [2.75, 3.05) is 12.3 Å². The van der Waals surface area contributed by atoms with E-state index in [1.54, 1.807) is 0 Å². The maximum atomic E-state index is 12.0. The lowest BCUT2D eigenvalue weighted by molar-refractivity contribution is 0.552. The van der Waals surface area contributed by atoms with Crippen molar-refractivity contribution >= 4 is 10.0 Å². The molecule has 5 heteroatoms. The largest absolute Gasteiger partial charge is 0.314 e. The van der Waals surface area contributed by atoms with E-state index >= 15 is 0 Å². The van der Waals surface area contributed by atoms with Gasteiger partial charge in [0.1, 0.15) is 0 Å². The lowest BCUT2D eigenvalue weighted by Gasteiger charge is -2.15. The summed E-state index contributed by atoms with van der Waals surface area (Å²) >= 11 is 0. The smallest absolute Gasteiger partial charge is 0.212 e. The van der Waals surface area contributed by atoms with Crippen LogP contribution in [0.15, 0.2) is 24.3 Å². The van der Waals surface area contributed by atoms with Crippen molar-refractivity contribution in [2.24, 2.45) is 0 Å². The van der Waals surface area contributed by atoms with E-state index in [4.69, 9.17) is 0 Å². The highest BCUT2D eigenvalue weighted by molar-refractivity contribution is 7.89. The predicted molar refractivity (Wildman–Crippen MR) is 84.3 cm³/mol. The van der Waals surface area contributed by atoms with Crippen LogP contribution in [0.4, 0.5) is 0 Å². The molecule has 0 fully saturated rings. The molecule has 0 bridgehead atoms. The van der Waals surface area contributed by atoms with Gasteiger partial charge in [0.2, 0.25) is 10.0 Å². The van der Waals surface area contributed by atoms with Crippen LogP contribution in [0.5, 0.6) is 0 Å². The highest BCUT2D eigenvalue weighted by Gasteiger charge is 2.15.